The van der Waals surface area contributed by atoms with Crippen molar-refractivity contribution in [3.05, 3.63) is 0 Å². The zero-order chi connectivity index (χ0) is 13.8. The summed E-state index contributed by atoms with van der Waals surface area (Å²) in [7, 11) is -3.46. The fraction of sp³-hybridized carbons (Fsp3) is 0.778. The van der Waals surface area contributed by atoms with Gasteiger partial charge in [-0.2, -0.15) is 0 Å². The zero-order valence-electron chi connectivity index (χ0n) is 10.3. The predicted molar refractivity (Wildman–Crippen MR) is 64.5 cm³/mol. The summed E-state index contributed by atoms with van der Waals surface area (Å²) in [5.41, 5.74) is 5.41. The maximum Gasteiger partial charge on any atom is 0.238 e. The number of amidine groups is 1. The summed E-state index contributed by atoms with van der Waals surface area (Å²) >= 11 is 0. The highest BCUT2D eigenvalue weighted by atomic mass is 32.2. The highest BCUT2D eigenvalue weighted by Gasteiger charge is 2.28. The van der Waals surface area contributed by atoms with E-state index in [-0.39, 0.29) is 11.8 Å². The quantitative estimate of drug-likeness (QED) is 0.263. The molecule has 0 fully saturated rings. The van der Waals surface area contributed by atoms with E-state index in [9.17, 15) is 13.2 Å². The van der Waals surface area contributed by atoms with Crippen LogP contribution in [0.25, 0.3) is 0 Å². The molecule has 4 N–H and O–H groups in total. The van der Waals surface area contributed by atoms with E-state index in [4.69, 9.17) is 10.9 Å². The van der Waals surface area contributed by atoms with Crippen LogP contribution in [0.3, 0.4) is 0 Å². The fourth-order valence-corrected chi connectivity index (χ4v) is 1.57. The summed E-state index contributed by atoms with van der Waals surface area (Å²) in [4.78, 5) is 11.6. The van der Waals surface area contributed by atoms with Crippen LogP contribution in [-0.4, -0.2) is 42.9 Å². The lowest BCUT2D eigenvalue weighted by atomic mass is 10.0. The molecule has 7 nitrogen and oxygen atoms in total. The maximum atomic E-state index is 11.6. The van der Waals surface area contributed by atoms with Gasteiger partial charge >= 0.3 is 0 Å². The number of carbonyl (C=O) groups is 1. The van der Waals surface area contributed by atoms with E-state index >= 15 is 0 Å². The van der Waals surface area contributed by atoms with Crippen molar-refractivity contribution in [1.29, 1.82) is 0 Å². The highest BCUT2D eigenvalue weighted by Crippen LogP contribution is 2.04. The first-order valence-corrected chi connectivity index (χ1v) is 7.03. The molecule has 0 aliphatic heterocycles. The van der Waals surface area contributed by atoms with Gasteiger partial charge in [0.05, 0.1) is 6.04 Å². The van der Waals surface area contributed by atoms with Crippen LogP contribution in [0.1, 0.15) is 20.8 Å². The third kappa shape index (κ3) is 4.59. The second-order valence-corrected chi connectivity index (χ2v) is 6.59. The Hall–Kier alpha value is -1.31. The fourth-order valence-electron chi connectivity index (χ4n) is 1.11. The van der Waals surface area contributed by atoms with Crippen molar-refractivity contribution in [3.8, 4) is 0 Å². The highest BCUT2D eigenvalue weighted by molar-refractivity contribution is 7.92. The second kappa shape index (κ2) is 5.85. The van der Waals surface area contributed by atoms with E-state index in [1.54, 1.807) is 13.8 Å². The van der Waals surface area contributed by atoms with Gasteiger partial charge in [-0.1, -0.05) is 19.0 Å². The largest absolute Gasteiger partial charge is 0.409 e. The topological polar surface area (TPSA) is 122 Å². The normalized spacial score (nSPS) is 16.6. The van der Waals surface area contributed by atoms with Crippen LogP contribution in [0.5, 0.6) is 0 Å². The summed E-state index contributed by atoms with van der Waals surface area (Å²) in [5, 5.41) is 12.6. The van der Waals surface area contributed by atoms with Crippen LogP contribution in [0.4, 0.5) is 0 Å². The third-order valence-corrected chi connectivity index (χ3v) is 3.91. The Morgan fingerprint density at radius 3 is 2.12 bits per heavy atom. The molecule has 2 unspecified atom stereocenters. The van der Waals surface area contributed by atoms with Gasteiger partial charge in [0.25, 0.3) is 0 Å². The Balaban J connectivity index is 4.87. The van der Waals surface area contributed by atoms with Crippen LogP contribution in [0.2, 0.25) is 0 Å². The van der Waals surface area contributed by atoms with Crippen molar-refractivity contribution < 1.29 is 18.4 Å². The summed E-state index contributed by atoms with van der Waals surface area (Å²) in [5.74, 6) is -0.950. The lowest BCUT2D eigenvalue weighted by Crippen LogP contribution is -2.51. The average molecular weight is 265 g/mol. The van der Waals surface area contributed by atoms with Crippen LogP contribution < -0.4 is 11.1 Å². The first-order chi connectivity index (χ1) is 7.61. The monoisotopic (exact) mass is 265 g/mol. The van der Waals surface area contributed by atoms with Crippen LogP contribution in [0, 0.1) is 5.92 Å². The molecular weight excluding hydrogens is 246 g/mol. The van der Waals surface area contributed by atoms with Crippen molar-refractivity contribution in [2.24, 2.45) is 16.8 Å². The van der Waals surface area contributed by atoms with Gasteiger partial charge in [0.1, 0.15) is 5.25 Å². The SMILES string of the molecule is CC(C)C(NC(=O)C(C)S(C)(=O)=O)C(N)=NO. The molecule has 0 aromatic heterocycles. The molecule has 0 bridgehead atoms. The Labute approximate surface area is 101 Å². The summed E-state index contributed by atoms with van der Waals surface area (Å²) in [6.45, 7) is 4.80. The summed E-state index contributed by atoms with van der Waals surface area (Å²) in [6.07, 6.45) is 0.977. The van der Waals surface area contributed by atoms with E-state index < -0.39 is 27.0 Å². The van der Waals surface area contributed by atoms with E-state index in [1.165, 1.54) is 6.92 Å². The summed E-state index contributed by atoms with van der Waals surface area (Å²) < 4.78 is 22.4. The number of carbonyl (C=O) groups excluding carboxylic acids is 1. The van der Waals surface area contributed by atoms with Gasteiger partial charge in [-0.3, -0.25) is 4.79 Å². The van der Waals surface area contributed by atoms with Crippen LogP contribution in [-0.2, 0) is 14.6 Å². The number of oxime groups is 1. The smallest absolute Gasteiger partial charge is 0.238 e. The Bertz CT molecular complexity index is 402. The number of nitrogens with zero attached hydrogens (tertiary/aromatic N) is 1. The van der Waals surface area contributed by atoms with E-state index in [0.29, 0.717) is 0 Å². The minimum absolute atomic E-state index is 0.124. The second-order valence-electron chi connectivity index (χ2n) is 4.23. The first-order valence-electron chi connectivity index (χ1n) is 5.08. The van der Waals surface area contributed by atoms with Gasteiger partial charge in [0, 0.05) is 6.26 Å². The van der Waals surface area contributed by atoms with Gasteiger partial charge in [-0.25, -0.2) is 8.42 Å². The van der Waals surface area contributed by atoms with Gasteiger partial charge in [-0.05, 0) is 12.8 Å². The summed E-state index contributed by atoms with van der Waals surface area (Å²) in [6, 6.07) is -0.698. The number of rotatable bonds is 5. The lowest BCUT2D eigenvalue weighted by molar-refractivity contribution is -0.120. The number of nitrogens with two attached hydrogens (primary N) is 1. The number of sulfone groups is 1. The molecule has 2 atom stereocenters. The number of hydrogen-bond acceptors (Lipinski definition) is 5. The van der Waals surface area contributed by atoms with E-state index in [1.807, 2.05) is 0 Å². The minimum Gasteiger partial charge on any atom is -0.409 e. The van der Waals surface area contributed by atoms with Crippen molar-refractivity contribution in [1.82, 2.24) is 5.32 Å². The zero-order valence-corrected chi connectivity index (χ0v) is 11.2. The molecule has 0 aliphatic rings. The average Bonchev–Trinajstić information content (AvgIpc) is 2.21. The standard InChI is InChI=1S/C9H19N3O4S/c1-5(2)7(8(10)12-14)11-9(13)6(3)17(4,15)16/h5-7,14H,1-4H3,(H2,10,12)(H,11,13). The molecule has 0 saturated heterocycles. The van der Waals surface area contributed by atoms with Gasteiger partial charge < -0.3 is 16.3 Å². The molecule has 0 aromatic rings. The Kier molecular flexibility index (Phi) is 5.40. The Morgan fingerprint density at radius 2 is 1.82 bits per heavy atom. The van der Waals surface area contributed by atoms with Crippen LogP contribution >= 0.6 is 0 Å². The van der Waals surface area contributed by atoms with Crippen molar-refractivity contribution in [3.63, 3.8) is 0 Å². The van der Waals surface area contributed by atoms with E-state index in [2.05, 4.69) is 10.5 Å². The predicted octanol–water partition coefficient (Wildman–Crippen LogP) is -0.693. The molecule has 8 heteroatoms. The molecule has 17 heavy (non-hydrogen) atoms. The molecule has 0 radical (unpaired) electrons. The number of nitrogens with one attached hydrogen (secondary N) is 1. The van der Waals surface area contributed by atoms with Gasteiger partial charge in [0.2, 0.25) is 5.91 Å². The minimum atomic E-state index is -3.46. The maximum absolute atomic E-state index is 11.6. The van der Waals surface area contributed by atoms with Crippen molar-refractivity contribution >= 4 is 21.6 Å². The molecule has 100 valence electrons. The van der Waals surface area contributed by atoms with Crippen molar-refractivity contribution in [2.75, 3.05) is 6.26 Å². The molecular formula is C9H19N3O4S. The molecule has 0 spiro atoms. The van der Waals surface area contributed by atoms with E-state index in [0.717, 1.165) is 6.26 Å². The lowest BCUT2D eigenvalue weighted by Gasteiger charge is -2.22. The number of amides is 1. The molecule has 1 amide bonds. The van der Waals surface area contributed by atoms with Crippen molar-refractivity contribution in [2.45, 2.75) is 32.1 Å². The molecule has 0 rings (SSSR count). The molecule has 0 aromatic carbocycles. The first kappa shape index (κ1) is 15.7. The van der Waals surface area contributed by atoms with Gasteiger partial charge in [0.15, 0.2) is 15.7 Å². The van der Waals surface area contributed by atoms with Gasteiger partial charge in [-0.15, -0.1) is 0 Å². The Morgan fingerprint density at radius 1 is 1.35 bits per heavy atom. The molecule has 0 saturated carbocycles. The molecule has 0 aliphatic carbocycles. The molecule has 0 heterocycles. The number of hydrogen-bond donors (Lipinski definition) is 3. The van der Waals surface area contributed by atoms with Crippen LogP contribution in [0.15, 0.2) is 5.16 Å². The third-order valence-electron chi connectivity index (χ3n) is 2.41.